The first kappa shape index (κ1) is 18.4. The second kappa shape index (κ2) is 7.94. The molecule has 0 bridgehead atoms. The van der Waals surface area contributed by atoms with Crippen molar-refractivity contribution < 1.29 is 0 Å². The molecule has 2 N–H and O–H groups in total. The molecule has 3 aromatic rings. The smallest absolute Gasteiger partial charge is 0.230 e. The Labute approximate surface area is 165 Å². The first-order valence-corrected chi connectivity index (χ1v) is 9.66. The molecule has 0 radical (unpaired) electrons. The standard InChI is InChI=1S/C22H26N6/c1-15-11-16(2)20-19(12-15)17(3)25-22(26-20)27-21-23-13-28(14-24-21)10-9-18-7-5-4-6-8-18/h4-8,11-12H,9-10,13-14H2,1-3H3,(H2,23,24,25,26,27). The second-order valence-electron chi connectivity index (χ2n) is 7.35. The predicted octanol–water partition coefficient (Wildman–Crippen LogP) is 3.39. The Morgan fingerprint density at radius 2 is 1.89 bits per heavy atom. The molecule has 0 unspecified atom stereocenters. The maximum Gasteiger partial charge on any atom is 0.230 e. The molecule has 0 amide bonds. The third kappa shape index (κ3) is 4.12. The van der Waals surface area contributed by atoms with Crippen LogP contribution in [0.1, 0.15) is 22.4 Å². The van der Waals surface area contributed by atoms with E-state index in [1.165, 1.54) is 11.1 Å². The molecule has 0 saturated heterocycles. The zero-order chi connectivity index (χ0) is 19.5. The van der Waals surface area contributed by atoms with Crippen molar-refractivity contribution in [2.24, 2.45) is 4.99 Å². The van der Waals surface area contributed by atoms with E-state index in [-0.39, 0.29) is 0 Å². The minimum absolute atomic E-state index is 0.584. The van der Waals surface area contributed by atoms with Gasteiger partial charge >= 0.3 is 0 Å². The van der Waals surface area contributed by atoms with Gasteiger partial charge in [-0.1, -0.05) is 42.0 Å². The first-order valence-electron chi connectivity index (χ1n) is 9.66. The van der Waals surface area contributed by atoms with Crippen LogP contribution in [0.25, 0.3) is 10.9 Å². The van der Waals surface area contributed by atoms with Gasteiger partial charge in [-0.05, 0) is 44.4 Å². The molecule has 0 fully saturated rings. The van der Waals surface area contributed by atoms with Gasteiger partial charge in [0.05, 0.1) is 24.5 Å². The number of benzene rings is 2. The van der Waals surface area contributed by atoms with Crippen molar-refractivity contribution in [3.63, 3.8) is 0 Å². The monoisotopic (exact) mass is 374 g/mol. The highest BCUT2D eigenvalue weighted by molar-refractivity contribution is 5.94. The quantitative estimate of drug-likeness (QED) is 0.733. The van der Waals surface area contributed by atoms with Gasteiger partial charge < -0.3 is 5.32 Å². The van der Waals surface area contributed by atoms with Crippen LogP contribution in [-0.2, 0) is 6.42 Å². The summed E-state index contributed by atoms with van der Waals surface area (Å²) in [4.78, 5) is 16.2. The van der Waals surface area contributed by atoms with Crippen molar-refractivity contribution in [3.8, 4) is 0 Å². The molecule has 1 aliphatic rings. The van der Waals surface area contributed by atoms with Crippen LogP contribution >= 0.6 is 0 Å². The summed E-state index contributed by atoms with van der Waals surface area (Å²) in [6, 6.07) is 14.8. The number of rotatable bonds is 4. The van der Waals surface area contributed by atoms with E-state index >= 15 is 0 Å². The maximum atomic E-state index is 4.71. The van der Waals surface area contributed by atoms with Gasteiger partial charge in [0.2, 0.25) is 11.9 Å². The minimum Gasteiger partial charge on any atom is -0.343 e. The number of nitrogens with one attached hydrogen (secondary N) is 2. The van der Waals surface area contributed by atoms with Gasteiger partial charge in [-0.25, -0.2) is 15.0 Å². The molecule has 0 atom stereocenters. The number of anilines is 1. The fourth-order valence-electron chi connectivity index (χ4n) is 3.52. The van der Waals surface area contributed by atoms with E-state index in [4.69, 9.17) is 4.98 Å². The number of aryl methyl sites for hydroxylation is 3. The zero-order valence-electron chi connectivity index (χ0n) is 16.7. The number of aliphatic imine (C=N–C) groups is 1. The molecule has 0 spiro atoms. The zero-order valence-corrected chi connectivity index (χ0v) is 16.7. The Kier molecular flexibility index (Phi) is 5.21. The average molecular weight is 374 g/mol. The van der Waals surface area contributed by atoms with E-state index in [1.54, 1.807) is 0 Å². The van der Waals surface area contributed by atoms with Crippen molar-refractivity contribution in [1.29, 1.82) is 0 Å². The summed E-state index contributed by atoms with van der Waals surface area (Å²) in [5.41, 5.74) is 5.70. The predicted molar refractivity (Wildman–Crippen MR) is 115 cm³/mol. The van der Waals surface area contributed by atoms with E-state index in [9.17, 15) is 0 Å². The largest absolute Gasteiger partial charge is 0.343 e. The van der Waals surface area contributed by atoms with E-state index in [1.807, 2.05) is 13.0 Å². The molecule has 1 aliphatic heterocycles. The average Bonchev–Trinajstić information content (AvgIpc) is 2.69. The van der Waals surface area contributed by atoms with Crippen LogP contribution in [-0.4, -0.2) is 40.7 Å². The molecule has 2 aromatic carbocycles. The fraction of sp³-hybridized carbons (Fsp3) is 0.318. The molecule has 4 rings (SSSR count). The first-order chi connectivity index (χ1) is 13.6. The summed E-state index contributed by atoms with van der Waals surface area (Å²) in [6.45, 7) is 8.60. The molecule has 0 saturated carbocycles. The number of hydrogen-bond donors (Lipinski definition) is 2. The number of fused-ring (bicyclic) bond motifs is 1. The van der Waals surface area contributed by atoms with Crippen LogP contribution in [0.2, 0.25) is 0 Å². The number of nitrogens with zero attached hydrogens (tertiary/aromatic N) is 4. The Morgan fingerprint density at radius 1 is 1.07 bits per heavy atom. The molecular formula is C22H26N6. The third-order valence-electron chi connectivity index (χ3n) is 5.01. The van der Waals surface area contributed by atoms with E-state index in [0.717, 1.165) is 47.8 Å². The molecule has 2 heterocycles. The molecule has 1 aromatic heterocycles. The van der Waals surface area contributed by atoms with Gasteiger partial charge in [0.1, 0.15) is 0 Å². The van der Waals surface area contributed by atoms with Crippen molar-refractivity contribution in [1.82, 2.24) is 20.2 Å². The van der Waals surface area contributed by atoms with Crippen LogP contribution in [0.4, 0.5) is 5.95 Å². The van der Waals surface area contributed by atoms with Crippen molar-refractivity contribution in [2.75, 3.05) is 25.2 Å². The van der Waals surface area contributed by atoms with Gasteiger partial charge in [0, 0.05) is 11.9 Å². The summed E-state index contributed by atoms with van der Waals surface area (Å²) in [6.07, 6.45) is 1.02. The second-order valence-corrected chi connectivity index (χ2v) is 7.35. The van der Waals surface area contributed by atoms with Crippen LogP contribution in [0.15, 0.2) is 47.5 Å². The lowest BCUT2D eigenvalue weighted by atomic mass is 10.1. The molecule has 6 nitrogen and oxygen atoms in total. The topological polar surface area (TPSA) is 65.4 Å². The Hall–Kier alpha value is -2.99. The highest BCUT2D eigenvalue weighted by Gasteiger charge is 2.14. The molecule has 28 heavy (non-hydrogen) atoms. The maximum absolute atomic E-state index is 4.71. The number of hydrogen-bond acceptors (Lipinski definition) is 6. The van der Waals surface area contributed by atoms with Gasteiger partial charge in [0.25, 0.3) is 0 Å². The van der Waals surface area contributed by atoms with E-state index < -0.39 is 0 Å². The third-order valence-corrected chi connectivity index (χ3v) is 5.01. The van der Waals surface area contributed by atoms with Crippen LogP contribution in [0.3, 0.4) is 0 Å². The van der Waals surface area contributed by atoms with Crippen molar-refractivity contribution >= 4 is 22.8 Å². The molecule has 144 valence electrons. The minimum atomic E-state index is 0.584. The van der Waals surface area contributed by atoms with Gasteiger partial charge in [0.15, 0.2) is 0 Å². The highest BCUT2D eigenvalue weighted by atomic mass is 15.4. The van der Waals surface area contributed by atoms with Gasteiger partial charge in [-0.3, -0.25) is 10.2 Å². The molecular weight excluding hydrogens is 348 g/mol. The van der Waals surface area contributed by atoms with Gasteiger partial charge in [-0.15, -0.1) is 0 Å². The molecule has 0 aliphatic carbocycles. The number of aromatic nitrogens is 2. The molecule has 6 heteroatoms. The van der Waals surface area contributed by atoms with Crippen LogP contribution in [0.5, 0.6) is 0 Å². The lowest BCUT2D eigenvalue weighted by Crippen LogP contribution is -2.46. The van der Waals surface area contributed by atoms with E-state index in [0.29, 0.717) is 12.6 Å². The van der Waals surface area contributed by atoms with Crippen molar-refractivity contribution in [2.45, 2.75) is 27.2 Å². The van der Waals surface area contributed by atoms with Crippen LogP contribution in [0, 0.1) is 20.8 Å². The SMILES string of the molecule is Cc1cc(C)c2nc(NC3=NCN(CCc4ccccc4)CN3)nc(C)c2c1. The highest BCUT2D eigenvalue weighted by Crippen LogP contribution is 2.22. The summed E-state index contributed by atoms with van der Waals surface area (Å²) in [7, 11) is 0. The fourth-order valence-corrected chi connectivity index (χ4v) is 3.52. The Morgan fingerprint density at radius 3 is 2.64 bits per heavy atom. The Balaban J connectivity index is 1.42. The number of guanidine groups is 1. The lowest BCUT2D eigenvalue weighted by Gasteiger charge is -2.26. The summed E-state index contributed by atoms with van der Waals surface area (Å²) in [5, 5.41) is 7.68. The summed E-state index contributed by atoms with van der Waals surface area (Å²) >= 11 is 0. The van der Waals surface area contributed by atoms with Gasteiger partial charge in [-0.2, -0.15) is 0 Å². The Bertz CT molecular complexity index is 1010. The van der Waals surface area contributed by atoms with E-state index in [2.05, 4.69) is 75.8 Å². The normalized spacial score (nSPS) is 14.6. The van der Waals surface area contributed by atoms with Crippen molar-refractivity contribution in [3.05, 3.63) is 64.8 Å². The lowest BCUT2D eigenvalue weighted by molar-refractivity contribution is 0.268. The van der Waals surface area contributed by atoms with Crippen LogP contribution < -0.4 is 10.6 Å². The summed E-state index contributed by atoms with van der Waals surface area (Å²) in [5.74, 6) is 1.31. The summed E-state index contributed by atoms with van der Waals surface area (Å²) < 4.78 is 0.